The van der Waals surface area contributed by atoms with E-state index in [1.807, 2.05) is 4.90 Å². The van der Waals surface area contributed by atoms with E-state index in [-0.39, 0.29) is 18.4 Å². The molecule has 0 atom stereocenters. The number of nitrogens with zero attached hydrogens (tertiary/aromatic N) is 1. The topological polar surface area (TPSA) is 84.9 Å². The molecule has 1 N–H and O–H groups in total. The Kier molecular flexibility index (Phi) is 5.23. The van der Waals surface area contributed by atoms with Gasteiger partial charge in [0.05, 0.1) is 17.4 Å². The fourth-order valence-electron chi connectivity index (χ4n) is 4.52. The van der Waals surface area contributed by atoms with E-state index in [9.17, 15) is 14.4 Å². The number of benzene rings is 1. The van der Waals surface area contributed by atoms with Gasteiger partial charge in [-0.25, -0.2) is 4.79 Å². The molecule has 1 aromatic carbocycles. The van der Waals surface area contributed by atoms with Crippen molar-refractivity contribution in [3.8, 4) is 5.75 Å². The molecule has 4 rings (SSSR count). The Labute approximate surface area is 170 Å². The van der Waals surface area contributed by atoms with Gasteiger partial charge < -0.3 is 19.7 Å². The van der Waals surface area contributed by atoms with Crippen LogP contribution in [0.5, 0.6) is 5.75 Å². The van der Waals surface area contributed by atoms with E-state index >= 15 is 0 Å². The van der Waals surface area contributed by atoms with E-state index in [1.165, 1.54) is 0 Å². The third-order valence-corrected chi connectivity index (χ3v) is 6.43. The molecule has 7 heteroatoms. The molecule has 3 fully saturated rings. The summed E-state index contributed by atoms with van der Waals surface area (Å²) in [6.45, 7) is 3.56. The van der Waals surface area contributed by atoms with Crippen molar-refractivity contribution in [1.29, 1.82) is 0 Å². The molecule has 2 aliphatic carbocycles. The van der Waals surface area contributed by atoms with E-state index in [0.717, 1.165) is 51.6 Å². The first-order valence-corrected chi connectivity index (χ1v) is 10.5. The summed E-state index contributed by atoms with van der Waals surface area (Å²) in [4.78, 5) is 39.5. The van der Waals surface area contributed by atoms with Crippen LogP contribution in [0.4, 0.5) is 5.69 Å². The van der Waals surface area contributed by atoms with E-state index in [2.05, 4.69) is 5.32 Å². The summed E-state index contributed by atoms with van der Waals surface area (Å²) in [5.41, 5.74) is -0.371. The number of esters is 1. The highest BCUT2D eigenvalue weighted by Crippen LogP contribution is 2.71. The van der Waals surface area contributed by atoms with Crippen molar-refractivity contribution in [1.82, 2.24) is 4.90 Å². The monoisotopic (exact) mass is 400 g/mol. The molecular formula is C22H28N2O5. The first-order chi connectivity index (χ1) is 14.0. The Balaban J connectivity index is 1.37. The Bertz CT molecular complexity index is 790. The zero-order chi connectivity index (χ0) is 20.5. The van der Waals surface area contributed by atoms with Crippen LogP contribution < -0.4 is 10.1 Å². The lowest BCUT2D eigenvalue weighted by Crippen LogP contribution is -2.44. The summed E-state index contributed by atoms with van der Waals surface area (Å²) in [5, 5.41) is 2.99. The second-order valence-corrected chi connectivity index (χ2v) is 8.24. The van der Waals surface area contributed by atoms with E-state index < -0.39 is 16.8 Å². The highest BCUT2D eigenvalue weighted by atomic mass is 16.6. The van der Waals surface area contributed by atoms with Crippen molar-refractivity contribution in [2.24, 2.45) is 10.8 Å². The maximum Gasteiger partial charge on any atom is 0.344 e. The lowest BCUT2D eigenvalue weighted by Gasteiger charge is -2.29. The van der Waals surface area contributed by atoms with E-state index in [4.69, 9.17) is 9.47 Å². The molecule has 1 heterocycles. The van der Waals surface area contributed by atoms with Crippen LogP contribution in [0, 0.1) is 10.8 Å². The summed E-state index contributed by atoms with van der Waals surface area (Å²) in [6, 6.07) is 6.90. The first-order valence-electron chi connectivity index (χ1n) is 10.5. The van der Waals surface area contributed by atoms with Crippen LogP contribution in [-0.4, -0.2) is 49.0 Å². The molecule has 0 radical (unpaired) electrons. The molecule has 0 spiro atoms. The fraction of sp³-hybridized carbons (Fsp3) is 0.591. The maximum absolute atomic E-state index is 13.1. The van der Waals surface area contributed by atoms with Crippen LogP contribution in [0.2, 0.25) is 0 Å². The molecule has 1 saturated heterocycles. The summed E-state index contributed by atoms with van der Waals surface area (Å²) in [6.07, 6.45) is 5.31. The summed E-state index contributed by atoms with van der Waals surface area (Å²) in [5.74, 6) is 0.242. The number of anilines is 1. The highest BCUT2D eigenvalue weighted by Gasteiger charge is 2.73. The van der Waals surface area contributed by atoms with E-state index in [1.54, 1.807) is 31.2 Å². The smallest absolute Gasteiger partial charge is 0.344 e. The normalized spacial score (nSPS) is 20.7. The van der Waals surface area contributed by atoms with Crippen molar-refractivity contribution in [3.05, 3.63) is 24.3 Å². The van der Waals surface area contributed by atoms with Crippen molar-refractivity contribution < 1.29 is 23.9 Å². The Morgan fingerprint density at radius 3 is 2.17 bits per heavy atom. The Morgan fingerprint density at radius 2 is 1.62 bits per heavy atom. The van der Waals surface area contributed by atoms with Gasteiger partial charge in [0.25, 0.3) is 0 Å². The average Bonchev–Trinajstić information content (AvgIpc) is 3.63. The molecule has 1 aromatic rings. The number of rotatable bonds is 8. The largest absolute Gasteiger partial charge is 0.482 e. The molecule has 3 aliphatic rings. The van der Waals surface area contributed by atoms with Gasteiger partial charge in [0.15, 0.2) is 6.61 Å². The quantitative estimate of drug-likeness (QED) is 0.678. The average molecular weight is 400 g/mol. The molecule has 2 amide bonds. The number of likely N-dealkylation sites (tertiary alicyclic amines) is 1. The van der Waals surface area contributed by atoms with Gasteiger partial charge >= 0.3 is 5.97 Å². The number of nitrogens with one attached hydrogen (secondary N) is 1. The Hall–Kier alpha value is -2.57. The minimum atomic E-state index is -0.550. The molecule has 2 saturated carbocycles. The lowest BCUT2D eigenvalue weighted by atomic mass is 9.83. The zero-order valence-electron chi connectivity index (χ0n) is 16.9. The van der Waals surface area contributed by atoms with Gasteiger partial charge in [0.2, 0.25) is 11.8 Å². The van der Waals surface area contributed by atoms with Crippen molar-refractivity contribution in [3.63, 3.8) is 0 Å². The molecule has 29 heavy (non-hydrogen) atoms. The predicted molar refractivity (Wildman–Crippen MR) is 106 cm³/mol. The molecule has 0 bridgehead atoms. The molecule has 1 aliphatic heterocycles. The minimum Gasteiger partial charge on any atom is -0.482 e. The number of hydrogen-bond acceptors (Lipinski definition) is 5. The molecule has 156 valence electrons. The molecular weight excluding hydrogens is 372 g/mol. The molecule has 0 unspecified atom stereocenters. The van der Waals surface area contributed by atoms with Crippen LogP contribution in [0.3, 0.4) is 0 Å². The number of carbonyl (C=O) groups excluding carboxylic acids is 3. The van der Waals surface area contributed by atoms with Gasteiger partial charge in [0.1, 0.15) is 5.75 Å². The second kappa shape index (κ2) is 7.69. The fourth-order valence-corrected chi connectivity index (χ4v) is 4.52. The maximum atomic E-state index is 13.1. The van der Waals surface area contributed by atoms with E-state index in [0.29, 0.717) is 18.0 Å². The number of amides is 2. The van der Waals surface area contributed by atoms with Gasteiger partial charge in [-0.1, -0.05) is 0 Å². The SMILES string of the molecule is CCOC(=O)COc1ccc(NC(=O)C2(C3(C(=O)N4CCCC4)CC3)CC2)cc1. The van der Waals surface area contributed by atoms with Crippen LogP contribution >= 0.6 is 0 Å². The standard InChI is InChI=1S/C22H28N2O5/c1-2-28-18(25)15-29-17-7-5-16(6-8-17)23-19(26)21(9-10-21)22(11-12-22)20(27)24-13-3-4-14-24/h5-8H,2-4,9-15H2,1H3,(H,23,26). The first kappa shape index (κ1) is 19.7. The van der Waals surface area contributed by atoms with Gasteiger partial charge in [0, 0.05) is 18.8 Å². The van der Waals surface area contributed by atoms with Crippen LogP contribution in [0.1, 0.15) is 45.4 Å². The van der Waals surface area contributed by atoms with Crippen molar-refractivity contribution in [2.45, 2.75) is 45.4 Å². The van der Waals surface area contributed by atoms with Gasteiger partial charge in [-0.3, -0.25) is 9.59 Å². The lowest BCUT2D eigenvalue weighted by molar-refractivity contribution is -0.145. The summed E-state index contributed by atoms with van der Waals surface area (Å²) < 4.78 is 10.2. The van der Waals surface area contributed by atoms with Gasteiger partial charge in [-0.05, 0) is 69.7 Å². The predicted octanol–water partition coefficient (Wildman–Crippen LogP) is 2.75. The zero-order valence-corrected chi connectivity index (χ0v) is 16.9. The Morgan fingerprint density at radius 1 is 1.00 bits per heavy atom. The number of hydrogen-bond donors (Lipinski definition) is 1. The van der Waals surface area contributed by atoms with Crippen LogP contribution in [0.15, 0.2) is 24.3 Å². The van der Waals surface area contributed by atoms with Crippen LogP contribution in [0.25, 0.3) is 0 Å². The minimum absolute atomic E-state index is 0.0530. The van der Waals surface area contributed by atoms with Crippen molar-refractivity contribution in [2.75, 3.05) is 31.6 Å². The number of ether oxygens (including phenoxy) is 2. The van der Waals surface area contributed by atoms with Gasteiger partial charge in [-0.15, -0.1) is 0 Å². The summed E-state index contributed by atoms with van der Waals surface area (Å²) in [7, 11) is 0. The summed E-state index contributed by atoms with van der Waals surface area (Å²) >= 11 is 0. The second-order valence-electron chi connectivity index (χ2n) is 8.24. The van der Waals surface area contributed by atoms with Crippen molar-refractivity contribution >= 4 is 23.5 Å². The van der Waals surface area contributed by atoms with Crippen LogP contribution in [-0.2, 0) is 19.1 Å². The number of carbonyl (C=O) groups is 3. The third-order valence-electron chi connectivity index (χ3n) is 6.43. The van der Waals surface area contributed by atoms with Gasteiger partial charge in [-0.2, -0.15) is 0 Å². The highest BCUT2D eigenvalue weighted by molar-refractivity contribution is 6.03. The molecule has 7 nitrogen and oxygen atoms in total. The third kappa shape index (κ3) is 3.70. The molecule has 0 aromatic heterocycles.